The van der Waals surface area contributed by atoms with Gasteiger partial charge in [-0.1, -0.05) is 19.1 Å². The number of non-ortho nitro benzene ring substituents is 1. The average Bonchev–Trinajstić information content (AvgIpc) is 3.76. The number of nitrogens with zero attached hydrogens (tertiary/aromatic N) is 4. The molecule has 2 aromatic rings. The highest BCUT2D eigenvalue weighted by molar-refractivity contribution is 6.72. The first kappa shape index (κ1) is 31.3. The second-order valence-electron chi connectivity index (χ2n) is 13.2. The third kappa shape index (κ3) is 5.24. The highest BCUT2D eigenvalue weighted by atomic mass is 28.4. The van der Waals surface area contributed by atoms with Crippen LogP contribution in [0.25, 0.3) is 0 Å². The van der Waals surface area contributed by atoms with Crippen molar-refractivity contribution in [1.82, 2.24) is 4.90 Å². The number of halogens is 1. The Labute approximate surface area is 262 Å². The minimum absolute atomic E-state index is 0.0702. The Hall–Kier alpha value is -3.68. The number of rotatable bonds is 8. The van der Waals surface area contributed by atoms with Crippen LogP contribution >= 0.6 is 0 Å². The predicted octanol–water partition coefficient (Wildman–Crippen LogP) is 4.42. The van der Waals surface area contributed by atoms with Gasteiger partial charge in [0.1, 0.15) is 0 Å². The zero-order valence-electron chi connectivity index (χ0n) is 25.8. The molecule has 5 atom stereocenters. The number of hydrogen-bond acceptors (Lipinski definition) is 7. The van der Waals surface area contributed by atoms with Gasteiger partial charge < -0.3 is 28.7 Å². The molecule has 0 radical (unpaired) electrons. The minimum atomic E-state index is -3.56. The van der Waals surface area contributed by atoms with Gasteiger partial charge in [-0.25, -0.2) is 0 Å². The molecule has 0 unspecified atom stereocenters. The smallest absolute Gasteiger partial charge is 0.269 e. The molecule has 4 heterocycles. The predicted molar refractivity (Wildman–Crippen MR) is 167 cm³/mol. The second-order valence-corrected chi connectivity index (χ2v) is 17.0. The standard InChI is InChI=1S/C32H39FN4O7Si/c1-20-30(45(2,3)33)27(17-29(40)35-14-4-6-24(35)19-38)44-32(20)25-16-23(37(42)43)12-13-26(25)36(31(32)41)18-21-8-10-22(11-9-21)34-15-5-7-28(34)39/h8-13,16,20,24,27,30,38H,4-7,14-15,17-19H2,1-3H3/t20-,24+,27+,30-,32+/m1/s1. The molecule has 3 amide bonds. The van der Waals surface area contributed by atoms with E-state index in [1.54, 1.807) is 29.8 Å². The van der Waals surface area contributed by atoms with E-state index in [4.69, 9.17) is 4.74 Å². The fraction of sp³-hybridized carbons (Fsp3) is 0.531. The summed E-state index contributed by atoms with van der Waals surface area (Å²) >= 11 is 0. The van der Waals surface area contributed by atoms with Gasteiger partial charge in [-0.2, -0.15) is 0 Å². The third-order valence-electron chi connectivity index (χ3n) is 10.1. The Balaban J connectivity index is 1.36. The van der Waals surface area contributed by atoms with Crippen LogP contribution in [0.4, 0.5) is 21.2 Å². The molecule has 4 aliphatic rings. The summed E-state index contributed by atoms with van der Waals surface area (Å²) in [5.41, 5.74) is -0.365. The number of aliphatic hydroxyl groups is 1. The van der Waals surface area contributed by atoms with Gasteiger partial charge in [0.15, 0.2) is 5.60 Å². The SMILES string of the molecule is C[C@@H]1[C@@H]([Si](C)(C)F)[C@H](CC(=O)N2CCC[C@H]2CO)O[C@@]12C(=O)N(Cc1ccc(N3CCCC3=O)cc1)c1ccc([N+](=O)[O-])cc12. The Morgan fingerprint density at radius 1 is 1.16 bits per heavy atom. The Morgan fingerprint density at radius 3 is 2.51 bits per heavy atom. The number of nitro groups is 1. The molecule has 1 spiro atoms. The lowest BCUT2D eigenvalue weighted by atomic mass is 9.82. The number of likely N-dealkylation sites (tertiary alicyclic amines) is 1. The van der Waals surface area contributed by atoms with Crippen molar-refractivity contribution in [2.75, 3.05) is 29.5 Å². The molecule has 240 valence electrons. The van der Waals surface area contributed by atoms with Crippen LogP contribution in [0.5, 0.6) is 0 Å². The van der Waals surface area contributed by atoms with E-state index in [0.29, 0.717) is 37.2 Å². The zero-order chi connectivity index (χ0) is 32.3. The first-order valence-corrected chi connectivity index (χ1v) is 18.6. The number of ether oxygens (including phenoxy) is 1. The summed E-state index contributed by atoms with van der Waals surface area (Å²) in [5.74, 6) is -1.35. The summed E-state index contributed by atoms with van der Waals surface area (Å²) in [6.45, 7) is 5.95. The summed E-state index contributed by atoms with van der Waals surface area (Å²) in [5, 5.41) is 21.6. The van der Waals surface area contributed by atoms with E-state index in [1.165, 1.54) is 23.1 Å². The maximum Gasteiger partial charge on any atom is 0.269 e. The van der Waals surface area contributed by atoms with E-state index >= 15 is 4.11 Å². The van der Waals surface area contributed by atoms with E-state index in [2.05, 4.69) is 0 Å². The van der Waals surface area contributed by atoms with E-state index in [9.17, 15) is 29.6 Å². The molecule has 0 aliphatic carbocycles. The lowest BCUT2D eigenvalue weighted by Crippen LogP contribution is -2.45. The average molecular weight is 639 g/mol. The minimum Gasteiger partial charge on any atom is -0.394 e. The molecule has 0 bridgehead atoms. The first-order valence-electron chi connectivity index (χ1n) is 15.6. The van der Waals surface area contributed by atoms with Crippen LogP contribution in [0.3, 0.4) is 0 Å². The lowest BCUT2D eigenvalue weighted by Gasteiger charge is -2.31. The number of amides is 3. The largest absolute Gasteiger partial charge is 0.394 e. The van der Waals surface area contributed by atoms with Gasteiger partial charge in [-0.05, 0) is 56.1 Å². The van der Waals surface area contributed by atoms with Crippen LogP contribution in [0.15, 0.2) is 42.5 Å². The summed E-state index contributed by atoms with van der Waals surface area (Å²) in [6.07, 6.45) is 1.68. The van der Waals surface area contributed by atoms with Crippen LogP contribution in [0.2, 0.25) is 18.6 Å². The van der Waals surface area contributed by atoms with Crippen molar-refractivity contribution in [2.45, 2.75) is 82.0 Å². The number of aliphatic hydroxyl groups excluding tert-OH is 1. The maximum absolute atomic E-state index is 16.2. The molecule has 13 heteroatoms. The molecule has 0 saturated carbocycles. The van der Waals surface area contributed by atoms with Gasteiger partial charge >= 0.3 is 0 Å². The van der Waals surface area contributed by atoms with Crippen molar-refractivity contribution in [1.29, 1.82) is 0 Å². The fourth-order valence-corrected chi connectivity index (χ4v) is 10.5. The van der Waals surface area contributed by atoms with Gasteiger partial charge in [0, 0.05) is 54.4 Å². The molecule has 2 aromatic carbocycles. The molecule has 11 nitrogen and oxygen atoms in total. The Kier molecular flexibility index (Phi) is 8.07. The molecular weight excluding hydrogens is 599 g/mol. The zero-order valence-corrected chi connectivity index (χ0v) is 26.8. The van der Waals surface area contributed by atoms with E-state index in [1.807, 2.05) is 24.3 Å². The number of anilines is 2. The quantitative estimate of drug-likeness (QED) is 0.196. The van der Waals surface area contributed by atoms with Gasteiger partial charge in [-0.15, -0.1) is 0 Å². The molecule has 0 aromatic heterocycles. The summed E-state index contributed by atoms with van der Waals surface area (Å²) in [4.78, 5) is 56.5. The van der Waals surface area contributed by atoms with Crippen molar-refractivity contribution in [3.05, 3.63) is 63.7 Å². The highest BCUT2D eigenvalue weighted by Crippen LogP contribution is 2.60. The first-order chi connectivity index (χ1) is 21.4. The molecule has 1 N–H and O–H groups in total. The van der Waals surface area contributed by atoms with E-state index in [-0.39, 0.29) is 43.1 Å². The number of fused-ring (bicyclic) bond motifs is 2. The van der Waals surface area contributed by atoms with Gasteiger partial charge in [0.05, 0.1) is 42.3 Å². The topological polar surface area (TPSA) is 134 Å². The van der Waals surface area contributed by atoms with Crippen LogP contribution in [0.1, 0.15) is 50.2 Å². The van der Waals surface area contributed by atoms with Crippen molar-refractivity contribution >= 4 is 43.2 Å². The Morgan fingerprint density at radius 2 is 1.89 bits per heavy atom. The normalized spacial score (nSPS) is 28.1. The molecule has 3 saturated heterocycles. The third-order valence-corrected chi connectivity index (χ3v) is 12.6. The van der Waals surface area contributed by atoms with Crippen LogP contribution in [-0.2, 0) is 31.3 Å². The molecular formula is C32H39FN4O7Si. The van der Waals surface area contributed by atoms with Crippen molar-refractivity contribution in [2.24, 2.45) is 5.92 Å². The number of nitro benzene ring substituents is 1. The van der Waals surface area contributed by atoms with Crippen molar-refractivity contribution in [3.8, 4) is 0 Å². The molecule has 45 heavy (non-hydrogen) atoms. The highest BCUT2D eigenvalue weighted by Gasteiger charge is 2.67. The molecule has 6 rings (SSSR count). The maximum atomic E-state index is 16.2. The number of benzene rings is 2. The molecule has 4 aliphatic heterocycles. The molecule has 3 fully saturated rings. The number of carbonyl (C=O) groups is 3. The summed E-state index contributed by atoms with van der Waals surface area (Å²) < 4.78 is 22.8. The fourth-order valence-electron chi connectivity index (χ4n) is 8.03. The monoisotopic (exact) mass is 638 g/mol. The van der Waals surface area contributed by atoms with Crippen LogP contribution < -0.4 is 9.80 Å². The van der Waals surface area contributed by atoms with E-state index in [0.717, 1.165) is 24.1 Å². The number of hydrogen-bond donors (Lipinski definition) is 1. The van der Waals surface area contributed by atoms with Gasteiger partial charge in [-0.3, -0.25) is 24.5 Å². The van der Waals surface area contributed by atoms with E-state index < -0.39 is 42.4 Å². The van der Waals surface area contributed by atoms with Crippen molar-refractivity contribution < 1.29 is 33.3 Å². The Bertz CT molecular complexity index is 1530. The van der Waals surface area contributed by atoms with Crippen LogP contribution in [0, 0.1) is 16.0 Å². The summed E-state index contributed by atoms with van der Waals surface area (Å²) in [6, 6.07) is 11.3. The van der Waals surface area contributed by atoms with Crippen LogP contribution in [-0.4, -0.2) is 72.9 Å². The van der Waals surface area contributed by atoms with Gasteiger partial charge in [0.25, 0.3) is 11.6 Å². The van der Waals surface area contributed by atoms with Gasteiger partial charge in [0.2, 0.25) is 20.2 Å². The van der Waals surface area contributed by atoms with Crippen molar-refractivity contribution in [3.63, 3.8) is 0 Å². The lowest BCUT2D eigenvalue weighted by molar-refractivity contribution is -0.385. The number of carbonyl (C=O) groups excluding carboxylic acids is 3. The summed E-state index contributed by atoms with van der Waals surface area (Å²) in [7, 11) is -3.56. The second kappa shape index (κ2) is 11.6.